The van der Waals surface area contributed by atoms with Crippen LogP contribution in [-0.4, -0.2) is 38.5 Å². The molecule has 1 aromatic heterocycles. The van der Waals surface area contributed by atoms with E-state index in [1.165, 1.54) is 36.5 Å². The summed E-state index contributed by atoms with van der Waals surface area (Å²) in [5, 5.41) is 22.0. The molecule has 0 unspecified atom stereocenters. The van der Waals surface area contributed by atoms with Crippen LogP contribution in [-0.2, 0) is 19.1 Å². The molecule has 0 aliphatic rings. The van der Waals surface area contributed by atoms with E-state index in [2.05, 4.69) is 20.9 Å². The molecule has 0 atom stereocenters. The summed E-state index contributed by atoms with van der Waals surface area (Å²) in [5.41, 5.74) is 1.12. The first-order chi connectivity index (χ1) is 19.5. The van der Waals surface area contributed by atoms with Crippen molar-refractivity contribution in [2.45, 2.75) is 19.1 Å². The maximum Gasteiger partial charge on any atom is 0.417 e. The van der Waals surface area contributed by atoms with Gasteiger partial charge in [0.15, 0.2) is 0 Å². The number of aromatic nitrogens is 3. The average molecular weight is 604 g/mol. The summed E-state index contributed by atoms with van der Waals surface area (Å²) in [4.78, 5) is 26.0. The summed E-state index contributed by atoms with van der Waals surface area (Å²) in [5.74, 6) is -1.14. The van der Waals surface area contributed by atoms with Crippen molar-refractivity contribution in [1.82, 2.24) is 20.3 Å². The van der Waals surface area contributed by atoms with Crippen LogP contribution in [0.2, 0.25) is 10.0 Å². The van der Waals surface area contributed by atoms with Gasteiger partial charge in [-0.05, 0) is 59.7 Å². The number of carbonyl (C=O) groups excluding carboxylic acids is 2. The molecule has 3 N–H and O–H groups in total. The third kappa shape index (κ3) is 7.94. The molecule has 1 heterocycles. The zero-order valence-electron chi connectivity index (χ0n) is 21.1. The second kappa shape index (κ2) is 13.0. The van der Waals surface area contributed by atoms with Crippen molar-refractivity contribution in [2.24, 2.45) is 0 Å². The number of benzene rings is 3. The highest BCUT2D eigenvalue weighted by atomic mass is 35.5. The van der Waals surface area contributed by atoms with Gasteiger partial charge in [0.1, 0.15) is 0 Å². The van der Waals surface area contributed by atoms with Crippen LogP contribution in [0.3, 0.4) is 0 Å². The lowest BCUT2D eigenvalue weighted by molar-refractivity contribution is -0.137. The van der Waals surface area contributed by atoms with E-state index in [-0.39, 0.29) is 28.4 Å². The standard InChI is InChI=1S/C28H22Cl2F3N5O3/c29-20-5-7-25(22(14-20)27(41)34-10-8-17-4-6-24(30)23(13-17)28(31,32)33)35-26(40)19-3-1-2-18(12-19)15-38-16-21(9-11-39)36-37-38/h1-8,10,12-14,16,39H,9,11,15H2,(H,34,41)(H,35,40)/b10-8+. The number of hydrogen-bond donors (Lipinski definition) is 3. The van der Waals surface area contributed by atoms with E-state index in [4.69, 9.17) is 28.3 Å². The SMILES string of the molecule is O=C(Nc1ccc(Cl)cc1C(=O)N/C=C/c1ccc(Cl)c(C(F)(F)F)c1)c1cccc(Cn2cc(CCO)nn2)c1. The number of halogens is 5. The molecule has 0 spiro atoms. The van der Waals surface area contributed by atoms with E-state index in [0.29, 0.717) is 24.2 Å². The highest BCUT2D eigenvalue weighted by molar-refractivity contribution is 6.31. The Morgan fingerprint density at radius 2 is 1.83 bits per heavy atom. The predicted molar refractivity (Wildman–Crippen MR) is 149 cm³/mol. The Kier molecular flexibility index (Phi) is 9.43. The molecule has 8 nitrogen and oxygen atoms in total. The molecule has 0 saturated heterocycles. The number of nitrogens with one attached hydrogen (secondary N) is 2. The van der Waals surface area contributed by atoms with Crippen molar-refractivity contribution >= 4 is 46.8 Å². The van der Waals surface area contributed by atoms with Crippen LogP contribution < -0.4 is 10.6 Å². The highest BCUT2D eigenvalue weighted by Crippen LogP contribution is 2.35. The predicted octanol–water partition coefficient (Wildman–Crippen LogP) is 5.84. The van der Waals surface area contributed by atoms with Gasteiger partial charge < -0.3 is 15.7 Å². The molecule has 4 rings (SSSR count). The number of hydrogen-bond acceptors (Lipinski definition) is 5. The van der Waals surface area contributed by atoms with Crippen LogP contribution in [0.5, 0.6) is 0 Å². The quantitative estimate of drug-likeness (QED) is 0.223. The Labute approximate surface area is 242 Å². The Hall–Kier alpha value is -4.19. The van der Waals surface area contributed by atoms with Gasteiger partial charge in [-0.1, -0.05) is 46.6 Å². The lowest BCUT2D eigenvalue weighted by atomic mass is 10.1. The lowest BCUT2D eigenvalue weighted by Crippen LogP contribution is -2.21. The van der Waals surface area contributed by atoms with E-state index in [0.717, 1.165) is 17.7 Å². The van der Waals surface area contributed by atoms with Gasteiger partial charge in [-0.15, -0.1) is 5.10 Å². The fourth-order valence-corrected chi connectivity index (χ4v) is 4.20. The lowest BCUT2D eigenvalue weighted by Gasteiger charge is -2.12. The fourth-order valence-electron chi connectivity index (χ4n) is 3.81. The Morgan fingerprint density at radius 1 is 1.02 bits per heavy atom. The zero-order valence-corrected chi connectivity index (χ0v) is 22.6. The first-order valence-corrected chi connectivity index (χ1v) is 12.8. The van der Waals surface area contributed by atoms with E-state index in [9.17, 15) is 22.8 Å². The maximum atomic E-state index is 13.1. The second-order valence-corrected chi connectivity index (χ2v) is 9.61. The summed E-state index contributed by atoms with van der Waals surface area (Å²) in [6, 6.07) is 14.5. The normalized spacial score (nSPS) is 11.6. The molecule has 2 amide bonds. The summed E-state index contributed by atoms with van der Waals surface area (Å²) in [6.07, 6.45) is -0.0805. The van der Waals surface area contributed by atoms with E-state index < -0.39 is 28.6 Å². The van der Waals surface area contributed by atoms with Gasteiger partial charge in [-0.25, -0.2) is 4.68 Å². The van der Waals surface area contributed by atoms with E-state index in [1.54, 1.807) is 29.1 Å². The zero-order chi connectivity index (χ0) is 29.6. The van der Waals surface area contributed by atoms with Crippen LogP contribution in [0.15, 0.2) is 73.1 Å². The Balaban J connectivity index is 1.46. The van der Waals surface area contributed by atoms with Gasteiger partial charge in [0.05, 0.1) is 34.1 Å². The van der Waals surface area contributed by atoms with Crippen molar-refractivity contribution < 1.29 is 27.9 Å². The summed E-state index contributed by atoms with van der Waals surface area (Å²) in [6.45, 7) is 0.305. The minimum Gasteiger partial charge on any atom is -0.396 e. The number of aliphatic hydroxyl groups excluding tert-OH is 1. The monoisotopic (exact) mass is 603 g/mol. The molecule has 0 radical (unpaired) electrons. The van der Waals surface area contributed by atoms with Gasteiger partial charge in [0, 0.05) is 36.0 Å². The second-order valence-electron chi connectivity index (χ2n) is 8.77. The van der Waals surface area contributed by atoms with Crippen LogP contribution in [0.1, 0.15) is 43.1 Å². The van der Waals surface area contributed by atoms with Crippen molar-refractivity contribution in [3.8, 4) is 0 Å². The third-order valence-electron chi connectivity index (χ3n) is 5.75. The fraction of sp³-hybridized carbons (Fsp3) is 0.143. The minimum absolute atomic E-state index is 0.0396. The van der Waals surface area contributed by atoms with E-state index >= 15 is 0 Å². The number of alkyl halides is 3. The Morgan fingerprint density at radius 3 is 2.59 bits per heavy atom. The maximum absolute atomic E-state index is 13.1. The molecule has 0 aliphatic carbocycles. The molecular formula is C28H22Cl2F3N5O3. The molecular weight excluding hydrogens is 582 g/mol. The summed E-state index contributed by atoms with van der Waals surface area (Å²) in [7, 11) is 0. The molecule has 13 heteroatoms. The largest absolute Gasteiger partial charge is 0.417 e. The summed E-state index contributed by atoms with van der Waals surface area (Å²) >= 11 is 11.7. The highest BCUT2D eigenvalue weighted by Gasteiger charge is 2.33. The van der Waals surface area contributed by atoms with Crippen LogP contribution in [0, 0.1) is 0 Å². The van der Waals surface area contributed by atoms with Crippen LogP contribution >= 0.6 is 23.2 Å². The van der Waals surface area contributed by atoms with Crippen LogP contribution in [0.4, 0.5) is 18.9 Å². The number of nitrogens with zero attached hydrogens (tertiary/aromatic N) is 3. The third-order valence-corrected chi connectivity index (χ3v) is 6.31. The van der Waals surface area contributed by atoms with Crippen molar-refractivity contribution in [1.29, 1.82) is 0 Å². The topological polar surface area (TPSA) is 109 Å². The van der Waals surface area contributed by atoms with Gasteiger partial charge in [0.25, 0.3) is 11.8 Å². The summed E-state index contributed by atoms with van der Waals surface area (Å²) < 4.78 is 40.9. The average Bonchev–Trinajstić information content (AvgIpc) is 3.36. The molecule has 212 valence electrons. The van der Waals surface area contributed by atoms with Gasteiger partial charge >= 0.3 is 6.18 Å². The molecule has 3 aromatic carbocycles. The Bertz CT molecular complexity index is 1610. The van der Waals surface area contributed by atoms with Crippen molar-refractivity contribution in [3.63, 3.8) is 0 Å². The number of anilines is 1. The number of carbonyl (C=O) groups is 2. The molecule has 41 heavy (non-hydrogen) atoms. The first-order valence-electron chi connectivity index (χ1n) is 12.1. The molecule has 0 aliphatic heterocycles. The van der Waals surface area contributed by atoms with Crippen molar-refractivity contribution in [3.05, 3.63) is 117 Å². The van der Waals surface area contributed by atoms with Crippen LogP contribution in [0.25, 0.3) is 6.08 Å². The molecule has 4 aromatic rings. The molecule has 0 saturated carbocycles. The number of rotatable bonds is 9. The van der Waals surface area contributed by atoms with Gasteiger partial charge in [0.2, 0.25) is 0 Å². The molecule has 0 fully saturated rings. The first kappa shape index (κ1) is 29.8. The van der Waals surface area contributed by atoms with E-state index in [1.807, 2.05) is 6.07 Å². The number of aliphatic hydroxyl groups is 1. The number of amides is 2. The molecule has 0 bridgehead atoms. The van der Waals surface area contributed by atoms with Crippen molar-refractivity contribution in [2.75, 3.05) is 11.9 Å². The minimum atomic E-state index is -4.63. The van der Waals surface area contributed by atoms with Gasteiger partial charge in [-0.2, -0.15) is 13.2 Å². The van der Waals surface area contributed by atoms with Gasteiger partial charge in [-0.3, -0.25) is 9.59 Å². The smallest absolute Gasteiger partial charge is 0.396 e.